The Bertz CT molecular complexity index is 428. The van der Waals surface area contributed by atoms with Crippen molar-refractivity contribution in [1.82, 2.24) is 10.2 Å². The molecule has 2 nitrogen and oxygen atoms in total. The van der Waals surface area contributed by atoms with Crippen LogP contribution in [0.2, 0.25) is 0 Å². The quantitative estimate of drug-likeness (QED) is 0.903. The molecule has 1 aliphatic carbocycles. The molecule has 110 valence electrons. The standard InChI is InChI=1S/C18H28N2/c1-4-14-10-17(14)20-12-16(15-8-6-5-7-9-15)19-11-18(20)13(2)3/h5-9,13-14,16-19H,4,10-12H2,1-3H3. The molecule has 2 heteroatoms. The Morgan fingerprint density at radius 1 is 1.25 bits per heavy atom. The second-order valence-corrected chi connectivity index (χ2v) is 6.85. The van der Waals surface area contributed by atoms with E-state index in [0.29, 0.717) is 12.1 Å². The van der Waals surface area contributed by atoms with Gasteiger partial charge in [0.15, 0.2) is 0 Å². The summed E-state index contributed by atoms with van der Waals surface area (Å²) >= 11 is 0. The topological polar surface area (TPSA) is 15.3 Å². The molecule has 1 saturated carbocycles. The van der Waals surface area contributed by atoms with E-state index in [1.54, 1.807) is 0 Å². The van der Waals surface area contributed by atoms with Gasteiger partial charge in [0.2, 0.25) is 0 Å². The summed E-state index contributed by atoms with van der Waals surface area (Å²) in [5, 5.41) is 3.77. The van der Waals surface area contributed by atoms with Crippen LogP contribution in [0, 0.1) is 11.8 Å². The highest BCUT2D eigenvalue weighted by Crippen LogP contribution is 2.42. The lowest BCUT2D eigenvalue weighted by Crippen LogP contribution is -2.55. The van der Waals surface area contributed by atoms with Crippen molar-refractivity contribution in [1.29, 1.82) is 0 Å². The van der Waals surface area contributed by atoms with Gasteiger partial charge in [-0.25, -0.2) is 0 Å². The predicted octanol–water partition coefficient (Wildman–Crippen LogP) is 3.46. The van der Waals surface area contributed by atoms with E-state index in [9.17, 15) is 0 Å². The van der Waals surface area contributed by atoms with Gasteiger partial charge in [0.05, 0.1) is 0 Å². The third-order valence-corrected chi connectivity index (χ3v) is 5.20. The van der Waals surface area contributed by atoms with E-state index in [0.717, 1.165) is 24.4 Å². The SMILES string of the molecule is CCC1CC1N1CC(c2ccccc2)NCC1C(C)C. The first-order chi connectivity index (χ1) is 9.70. The minimum Gasteiger partial charge on any atom is -0.307 e. The Labute approximate surface area is 123 Å². The van der Waals surface area contributed by atoms with Gasteiger partial charge in [-0.2, -0.15) is 0 Å². The summed E-state index contributed by atoms with van der Waals surface area (Å²) in [5.74, 6) is 1.68. The van der Waals surface area contributed by atoms with Gasteiger partial charge in [-0.1, -0.05) is 57.5 Å². The molecule has 1 aromatic rings. The second-order valence-electron chi connectivity index (χ2n) is 6.85. The van der Waals surface area contributed by atoms with E-state index < -0.39 is 0 Å². The number of nitrogens with zero attached hydrogens (tertiary/aromatic N) is 1. The van der Waals surface area contributed by atoms with Gasteiger partial charge in [-0.15, -0.1) is 0 Å². The molecule has 1 aliphatic heterocycles. The van der Waals surface area contributed by atoms with Crippen LogP contribution in [0.4, 0.5) is 0 Å². The van der Waals surface area contributed by atoms with Crippen LogP contribution in [0.25, 0.3) is 0 Å². The highest BCUT2D eigenvalue weighted by Gasteiger charge is 2.45. The maximum Gasteiger partial charge on any atom is 0.0450 e. The van der Waals surface area contributed by atoms with Crippen molar-refractivity contribution in [3.05, 3.63) is 35.9 Å². The predicted molar refractivity (Wildman–Crippen MR) is 84.7 cm³/mol. The number of hydrogen-bond donors (Lipinski definition) is 1. The largest absolute Gasteiger partial charge is 0.307 e. The Balaban J connectivity index is 1.73. The average Bonchev–Trinajstić information content (AvgIpc) is 3.27. The van der Waals surface area contributed by atoms with E-state index in [2.05, 4.69) is 61.3 Å². The number of piperazine rings is 1. The number of benzene rings is 1. The summed E-state index contributed by atoms with van der Waals surface area (Å²) in [6, 6.07) is 13.0. The van der Waals surface area contributed by atoms with E-state index in [1.165, 1.54) is 24.9 Å². The normalized spacial score (nSPS) is 34.4. The lowest BCUT2D eigenvalue weighted by molar-refractivity contribution is 0.0849. The molecule has 2 fully saturated rings. The summed E-state index contributed by atoms with van der Waals surface area (Å²) in [4.78, 5) is 2.81. The molecule has 0 bridgehead atoms. The molecule has 1 aromatic carbocycles. The lowest BCUT2D eigenvalue weighted by atomic mass is 9.95. The summed E-state index contributed by atoms with van der Waals surface area (Å²) in [6.07, 6.45) is 2.76. The van der Waals surface area contributed by atoms with Crippen molar-refractivity contribution in [2.45, 2.75) is 51.7 Å². The molecule has 2 aliphatic rings. The lowest BCUT2D eigenvalue weighted by Gasteiger charge is -2.43. The van der Waals surface area contributed by atoms with Crippen LogP contribution in [0.5, 0.6) is 0 Å². The minimum absolute atomic E-state index is 0.504. The summed E-state index contributed by atoms with van der Waals surface area (Å²) < 4.78 is 0. The average molecular weight is 272 g/mol. The van der Waals surface area contributed by atoms with Crippen molar-refractivity contribution in [3.63, 3.8) is 0 Å². The summed E-state index contributed by atoms with van der Waals surface area (Å²) in [6.45, 7) is 9.38. The van der Waals surface area contributed by atoms with E-state index in [-0.39, 0.29) is 0 Å². The Morgan fingerprint density at radius 3 is 2.60 bits per heavy atom. The monoisotopic (exact) mass is 272 g/mol. The highest BCUT2D eigenvalue weighted by molar-refractivity contribution is 5.20. The first-order valence-corrected chi connectivity index (χ1v) is 8.24. The molecular formula is C18H28N2. The minimum atomic E-state index is 0.504. The fourth-order valence-corrected chi connectivity index (χ4v) is 3.78. The zero-order valence-electron chi connectivity index (χ0n) is 13.0. The molecule has 0 radical (unpaired) electrons. The molecule has 1 heterocycles. The van der Waals surface area contributed by atoms with Gasteiger partial charge >= 0.3 is 0 Å². The molecule has 1 saturated heterocycles. The molecule has 4 unspecified atom stereocenters. The van der Waals surface area contributed by atoms with Gasteiger partial charge in [0.25, 0.3) is 0 Å². The third-order valence-electron chi connectivity index (χ3n) is 5.20. The second kappa shape index (κ2) is 5.87. The maximum atomic E-state index is 3.77. The van der Waals surface area contributed by atoms with Crippen LogP contribution in [0.1, 0.15) is 45.2 Å². The zero-order valence-corrected chi connectivity index (χ0v) is 13.0. The Hall–Kier alpha value is -0.860. The molecule has 4 atom stereocenters. The van der Waals surface area contributed by atoms with Gasteiger partial charge in [-0.3, -0.25) is 4.90 Å². The van der Waals surface area contributed by atoms with Crippen LogP contribution in [0.15, 0.2) is 30.3 Å². The first kappa shape index (κ1) is 14.1. The number of nitrogens with one attached hydrogen (secondary N) is 1. The van der Waals surface area contributed by atoms with Crippen molar-refractivity contribution in [3.8, 4) is 0 Å². The molecule has 0 aromatic heterocycles. The van der Waals surface area contributed by atoms with Gasteiger partial charge in [0, 0.05) is 31.2 Å². The van der Waals surface area contributed by atoms with E-state index >= 15 is 0 Å². The highest BCUT2D eigenvalue weighted by atomic mass is 15.3. The van der Waals surface area contributed by atoms with E-state index in [4.69, 9.17) is 0 Å². The van der Waals surface area contributed by atoms with Gasteiger partial charge < -0.3 is 5.32 Å². The van der Waals surface area contributed by atoms with E-state index in [1.807, 2.05) is 0 Å². The first-order valence-electron chi connectivity index (χ1n) is 8.24. The molecule has 0 spiro atoms. The van der Waals surface area contributed by atoms with Crippen LogP contribution in [-0.4, -0.2) is 30.1 Å². The molecule has 3 rings (SSSR count). The summed E-state index contributed by atoms with van der Waals surface area (Å²) in [7, 11) is 0. The van der Waals surface area contributed by atoms with Crippen molar-refractivity contribution in [2.24, 2.45) is 11.8 Å². The zero-order chi connectivity index (χ0) is 14.1. The van der Waals surface area contributed by atoms with Crippen molar-refractivity contribution >= 4 is 0 Å². The number of hydrogen-bond acceptors (Lipinski definition) is 2. The Kier molecular flexibility index (Phi) is 4.13. The van der Waals surface area contributed by atoms with Crippen molar-refractivity contribution in [2.75, 3.05) is 13.1 Å². The fourth-order valence-electron chi connectivity index (χ4n) is 3.78. The maximum absolute atomic E-state index is 3.77. The third kappa shape index (κ3) is 2.77. The number of rotatable bonds is 4. The fraction of sp³-hybridized carbons (Fsp3) is 0.667. The molecule has 0 amide bonds. The Morgan fingerprint density at radius 2 is 2.00 bits per heavy atom. The summed E-state index contributed by atoms with van der Waals surface area (Å²) in [5.41, 5.74) is 1.44. The van der Waals surface area contributed by atoms with Crippen LogP contribution in [0.3, 0.4) is 0 Å². The molecule has 20 heavy (non-hydrogen) atoms. The van der Waals surface area contributed by atoms with Crippen LogP contribution < -0.4 is 5.32 Å². The molecular weight excluding hydrogens is 244 g/mol. The molecule has 1 N–H and O–H groups in total. The van der Waals surface area contributed by atoms with Crippen molar-refractivity contribution < 1.29 is 0 Å². The van der Waals surface area contributed by atoms with Gasteiger partial charge in [-0.05, 0) is 23.8 Å². The van der Waals surface area contributed by atoms with Gasteiger partial charge in [0.1, 0.15) is 0 Å². The van der Waals surface area contributed by atoms with Crippen LogP contribution in [-0.2, 0) is 0 Å². The van der Waals surface area contributed by atoms with Crippen LogP contribution >= 0.6 is 0 Å². The smallest absolute Gasteiger partial charge is 0.0450 e.